The van der Waals surface area contributed by atoms with Crippen molar-refractivity contribution in [3.05, 3.63) is 30.0 Å². The summed E-state index contributed by atoms with van der Waals surface area (Å²) in [5.74, 6) is 0. The molecule has 0 amide bonds. The van der Waals surface area contributed by atoms with Crippen LogP contribution in [0.5, 0.6) is 0 Å². The fraction of sp³-hybridized carbons (Fsp3) is 0.773. The monoisotopic (exact) mass is 319 g/mol. The quantitative estimate of drug-likeness (QED) is 0.173. The lowest BCUT2D eigenvalue weighted by Gasteiger charge is -2.02. The first-order chi connectivity index (χ1) is 11.3. The SMILES string of the molecule is C=C=C(CN)CCCCCCCCC=CCCCCCCCC. The highest BCUT2D eigenvalue weighted by Crippen LogP contribution is 2.12. The van der Waals surface area contributed by atoms with Crippen molar-refractivity contribution in [3.63, 3.8) is 0 Å². The van der Waals surface area contributed by atoms with Gasteiger partial charge in [0.1, 0.15) is 0 Å². The van der Waals surface area contributed by atoms with Gasteiger partial charge in [-0.15, -0.1) is 5.73 Å². The maximum Gasteiger partial charge on any atom is 0.0213 e. The van der Waals surface area contributed by atoms with Crippen LogP contribution in [0.25, 0.3) is 0 Å². The Morgan fingerprint density at radius 3 is 1.74 bits per heavy atom. The largest absolute Gasteiger partial charge is 0.326 e. The molecule has 0 spiro atoms. The van der Waals surface area contributed by atoms with Crippen LogP contribution in [-0.4, -0.2) is 6.54 Å². The first-order valence-electron chi connectivity index (χ1n) is 10.1. The molecule has 0 heterocycles. The van der Waals surface area contributed by atoms with E-state index in [1.165, 1.54) is 95.5 Å². The van der Waals surface area contributed by atoms with Gasteiger partial charge in [-0.2, -0.15) is 0 Å². The minimum absolute atomic E-state index is 0.620. The Bertz CT molecular complexity index is 310. The van der Waals surface area contributed by atoms with Crippen LogP contribution in [0, 0.1) is 0 Å². The zero-order valence-corrected chi connectivity index (χ0v) is 15.8. The molecule has 1 heteroatoms. The number of rotatable bonds is 17. The molecular weight excluding hydrogens is 278 g/mol. The van der Waals surface area contributed by atoms with Gasteiger partial charge < -0.3 is 5.73 Å². The molecule has 0 radical (unpaired) electrons. The summed E-state index contributed by atoms with van der Waals surface area (Å²) >= 11 is 0. The predicted molar refractivity (Wildman–Crippen MR) is 106 cm³/mol. The van der Waals surface area contributed by atoms with Crippen LogP contribution in [0.2, 0.25) is 0 Å². The molecule has 0 aliphatic carbocycles. The molecule has 0 aliphatic rings. The summed E-state index contributed by atoms with van der Waals surface area (Å²) in [7, 11) is 0. The highest BCUT2D eigenvalue weighted by molar-refractivity contribution is 4.99. The van der Waals surface area contributed by atoms with E-state index in [1.807, 2.05) is 0 Å². The Kier molecular flexibility index (Phi) is 18.6. The van der Waals surface area contributed by atoms with Gasteiger partial charge in [0.25, 0.3) is 0 Å². The van der Waals surface area contributed by atoms with E-state index in [2.05, 4.69) is 31.4 Å². The molecule has 0 aromatic rings. The summed E-state index contributed by atoms with van der Waals surface area (Å²) < 4.78 is 0. The van der Waals surface area contributed by atoms with E-state index >= 15 is 0 Å². The van der Waals surface area contributed by atoms with Gasteiger partial charge in [-0.05, 0) is 44.1 Å². The standard InChI is InChI=1S/C22H41N/c1-3-5-6-7-8-9-10-11-12-13-14-15-16-17-18-19-20-22(4-2)21-23/h11-12H,2-3,5-10,13-21,23H2,1H3. The summed E-state index contributed by atoms with van der Waals surface area (Å²) in [6.07, 6.45) is 24.9. The third kappa shape index (κ3) is 17.4. The molecule has 23 heavy (non-hydrogen) atoms. The van der Waals surface area contributed by atoms with Gasteiger partial charge >= 0.3 is 0 Å². The molecule has 0 saturated heterocycles. The summed E-state index contributed by atoms with van der Waals surface area (Å²) in [4.78, 5) is 0. The van der Waals surface area contributed by atoms with Crippen molar-refractivity contribution >= 4 is 0 Å². The van der Waals surface area contributed by atoms with E-state index in [0.717, 1.165) is 6.42 Å². The second-order valence-electron chi connectivity index (χ2n) is 6.67. The molecule has 0 unspecified atom stereocenters. The van der Waals surface area contributed by atoms with Crippen molar-refractivity contribution < 1.29 is 0 Å². The fourth-order valence-corrected chi connectivity index (χ4v) is 2.85. The summed E-state index contributed by atoms with van der Waals surface area (Å²) in [5, 5.41) is 0. The molecule has 0 aromatic carbocycles. The molecule has 0 bridgehead atoms. The predicted octanol–water partition coefficient (Wildman–Crippen LogP) is 7.08. The number of nitrogens with two attached hydrogens (primary N) is 1. The van der Waals surface area contributed by atoms with E-state index in [-0.39, 0.29) is 0 Å². The Balaban J connectivity index is 3.18. The van der Waals surface area contributed by atoms with Gasteiger partial charge in [0.2, 0.25) is 0 Å². The lowest BCUT2D eigenvalue weighted by molar-refractivity contribution is 0.594. The van der Waals surface area contributed by atoms with E-state index < -0.39 is 0 Å². The third-order valence-corrected chi connectivity index (χ3v) is 4.49. The van der Waals surface area contributed by atoms with E-state index in [9.17, 15) is 0 Å². The second kappa shape index (κ2) is 19.3. The van der Waals surface area contributed by atoms with Gasteiger partial charge in [-0.25, -0.2) is 0 Å². The lowest BCUT2D eigenvalue weighted by Crippen LogP contribution is -2.01. The first kappa shape index (κ1) is 22.2. The Hall–Kier alpha value is -0.780. The van der Waals surface area contributed by atoms with Crippen molar-refractivity contribution in [1.29, 1.82) is 0 Å². The Morgan fingerprint density at radius 1 is 0.783 bits per heavy atom. The van der Waals surface area contributed by atoms with Gasteiger partial charge in [-0.1, -0.05) is 83.4 Å². The van der Waals surface area contributed by atoms with Gasteiger partial charge in [-0.3, -0.25) is 0 Å². The highest BCUT2D eigenvalue weighted by Gasteiger charge is 1.94. The summed E-state index contributed by atoms with van der Waals surface area (Å²) in [6, 6.07) is 0. The summed E-state index contributed by atoms with van der Waals surface area (Å²) in [6.45, 7) is 6.57. The van der Waals surface area contributed by atoms with Crippen molar-refractivity contribution in [2.24, 2.45) is 5.73 Å². The summed E-state index contributed by atoms with van der Waals surface area (Å²) in [5.41, 5.74) is 9.72. The van der Waals surface area contributed by atoms with E-state index in [0.29, 0.717) is 6.54 Å². The Morgan fingerprint density at radius 2 is 1.26 bits per heavy atom. The topological polar surface area (TPSA) is 26.0 Å². The second-order valence-corrected chi connectivity index (χ2v) is 6.67. The zero-order valence-electron chi connectivity index (χ0n) is 15.8. The molecular formula is C22H41N. The van der Waals surface area contributed by atoms with Gasteiger partial charge in [0.15, 0.2) is 0 Å². The maximum absolute atomic E-state index is 5.60. The fourth-order valence-electron chi connectivity index (χ4n) is 2.85. The number of allylic oxidation sites excluding steroid dienone is 2. The van der Waals surface area contributed by atoms with Crippen LogP contribution in [0.3, 0.4) is 0 Å². The van der Waals surface area contributed by atoms with Crippen LogP contribution in [0.1, 0.15) is 103 Å². The third-order valence-electron chi connectivity index (χ3n) is 4.49. The molecule has 1 nitrogen and oxygen atoms in total. The zero-order chi connectivity index (χ0) is 17.0. The van der Waals surface area contributed by atoms with Gasteiger partial charge in [0, 0.05) is 6.54 Å². The van der Waals surface area contributed by atoms with Crippen LogP contribution >= 0.6 is 0 Å². The molecule has 0 saturated carbocycles. The molecule has 2 N–H and O–H groups in total. The van der Waals surface area contributed by atoms with Crippen molar-refractivity contribution in [3.8, 4) is 0 Å². The Labute approximate surface area is 146 Å². The van der Waals surface area contributed by atoms with E-state index in [4.69, 9.17) is 5.73 Å². The molecule has 0 fully saturated rings. The van der Waals surface area contributed by atoms with Crippen LogP contribution in [-0.2, 0) is 0 Å². The van der Waals surface area contributed by atoms with Crippen molar-refractivity contribution in [2.75, 3.05) is 6.54 Å². The number of hydrogen-bond acceptors (Lipinski definition) is 1. The normalized spacial score (nSPS) is 11.0. The first-order valence-corrected chi connectivity index (χ1v) is 10.1. The number of unbranched alkanes of at least 4 members (excludes halogenated alkanes) is 12. The molecule has 0 aromatic heterocycles. The van der Waals surface area contributed by atoms with E-state index in [1.54, 1.807) is 0 Å². The molecule has 134 valence electrons. The maximum atomic E-state index is 5.60. The van der Waals surface area contributed by atoms with Crippen LogP contribution in [0.15, 0.2) is 30.0 Å². The number of hydrogen-bond donors (Lipinski definition) is 1. The van der Waals surface area contributed by atoms with Crippen LogP contribution < -0.4 is 5.73 Å². The average molecular weight is 320 g/mol. The smallest absolute Gasteiger partial charge is 0.0213 e. The lowest BCUT2D eigenvalue weighted by atomic mass is 10.0. The minimum atomic E-state index is 0.620. The molecule has 0 atom stereocenters. The van der Waals surface area contributed by atoms with Crippen LogP contribution in [0.4, 0.5) is 0 Å². The van der Waals surface area contributed by atoms with Gasteiger partial charge in [0.05, 0.1) is 0 Å². The highest BCUT2D eigenvalue weighted by atomic mass is 14.5. The average Bonchev–Trinajstić information content (AvgIpc) is 2.58. The van der Waals surface area contributed by atoms with Crippen molar-refractivity contribution in [1.82, 2.24) is 0 Å². The van der Waals surface area contributed by atoms with Crippen molar-refractivity contribution in [2.45, 2.75) is 103 Å². The molecule has 0 aliphatic heterocycles. The minimum Gasteiger partial charge on any atom is -0.326 e. The molecule has 0 rings (SSSR count).